The van der Waals surface area contributed by atoms with E-state index in [1.807, 2.05) is 6.92 Å². The first-order valence-corrected chi connectivity index (χ1v) is 6.25. The zero-order chi connectivity index (χ0) is 15.3. The standard InChI is InChI=1S/C13H20N4O3/c1-8-5-15-9(6-14-8)7-16-12(20)17-10(11(18)19)13(2,3)4/h5-6,10H,7H2,1-4H3,(H,18,19)(H2,16,17,20)/t10-/m0/s1. The monoisotopic (exact) mass is 280 g/mol. The number of carbonyl (C=O) groups is 2. The van der Waals surface area contributed by atoms with Crippen LogP contribution in [-0.4, -0.2) is 33.1 Å². The molecule has 0 unspecified atom stereocenters. The molecular weight excluding hydrogens is 260 g/mol. The van der Waals surface area contributed by atoms with Gasteiger partial charge in [-0.25, -0.2) is 9.59 Å². The Labute approximate surface area is 117 Å². The number of hydrogen-bond acceptors (Lipinski definition) is 4. The number of aliphatic carboxylic acids is 1. The third-order valence-corrected chi connectivity index (χ3v) is 2.65. The van der Waals surface area contributed by atoms with Gasteiger partial charge in [0.25, 0.3) is 0 Å². The van der Waals surface area contributed by atoms with Crippen LogP contribution in [0.4, 0.5) is 4.79 Å². The van der Waals surface area contributed by atoms with Crippen LogP contribution in [-0.2, 0) is 11.3 Å². The van der Waals surface area contributed by atoms with Crippen molar-refractivity contribution in [2.24, 2.45) is 5.41 Å². The van der Waals surface area contributed by atoms with E-state index in [1.54, 1.807) is 33.2 Å². The SMILES string of the molecule is Cc1cnc(CNC(=O)N[C@@H](C(=O)O)C(C)(C)C)cn1. The van der Waals surface area contributed by atoms with Crippen molar-refractivity contribution in [3.8, 4) is 0 Å². The first kappa shape index (κ1) is 15.9. The van der Waals surface area contributed by atoms with Gasteiger partial charge in [-0.15, -0.1) is 0 Å². The maximum atomic E-state index is 11.7. The minimum Gasteiger partial charge on any atom is -0.480 e. The summed E-state index contributed by atoms with van der Waals surface area (Å²) >= 11 is 0. The quantitative estimate of drug-likeness (QED) is 0.765. The summed E-state index contributed by atoms with van der Waals surface area (Å²) in [5.41, 5.74) is 0.817. The molecule has 0 radical (unpaired) electrons. The molecule has 1 aromatic rings. The lowest BCUT2D eigenvalue weighted by atomic mass is 9.87. The number of rotatable bonds is 4. The highest BCUT2D eigenvalue weighted by molar-refractivity contribution is 5.83. The van der Waals surface area contributed by atoms with Gasteiger partial charge in [0.15, 0.2) is 0 Å². The fourth-order valence-electron chi connectivity index (χ4n) is 1.51. The zero-order valence-electron chi connectivity index (χ0n) is 12.1. The third-order valence-electron chi connectivity index (χ3n) is 2.65. The Morgan fingerprint density at radius 3 is 2.40 bits per heavy atom. The summed E-state index contributed by atoms with van der Waals surface area (Å²) in [6, 6.07) is -1.51. The molecule has 0 aromatic carbocycles. The summed E-state index contributed by atoms with van der Waals surface area (Å²) in [6.45, 7) is 7.25. The van der Waals surface area contributed by atoms with Gasteiger partial charge >= 0.3 is 12.0 Å². The number of carbonyl (C=O) groups excluding carboxylic acids is 1. The van der Waals surface area contributed by atoms with E-state index in [-0.39, 0.29) is 6.54 Å². The summed E-state index contributed by atoms with van der Waals surface area (Å²) in [4.78, 5) is 31.0. The number of amides is 2. The van der Waals surface area contributed by atoms with Gasteiger partial charge in [0.2, 0.25) is 0 Å². The van der Waals surface area contributed by atoms with Crippen LogP contribution in [0.1, 0.15) is 32.2 Å². The highest BCUT2D eigenvalue weighted by atomic mass is 16.4. The van der Waals surface area contributed by atoms with Crippen molar-refractivity contribution in [1.29, 1.82) is 0 Å². The van der Waals surface area contributed by atoms with E-state index >= 15 is 0 Å². The second-order valence-corrected chi connectivity index (χ2v) is 5.61. The van der Waals surface area contributed by atoms with Crippen LogP contribution in [0.15, 0.2) is 12.4 Å². The van der Waals surface area contributed by atoms with Gasteiger partial charge in [0.05, 0.1) is 24.1 Å². The Balaban J connectivity index is 2.54. The Kier molecular flexibility index (Phi) is 5.01. The molecule has 110 valence electrons. The van der Waals surface area contributed by atoms with Crippen molar-refractivity contribution in [3.63, 3.8) is 0 Å². The normalized spacial score (nSPS) is 12.6. The molecule has 1 heterocycles. The van der Waals surface area contributed by atoms with Crippen molar-refractivity contribution in [2.75, 3.05) is 0 Å². The van der Waals surface area contributed by atoms with Crippen LogP contribution < -0.4 is 10.6 Å². The number of carboxylic acid groups (broad SMARTS) is 1. The van der Waals surface area contributed by atoms with Crippen LogP contribution in [0, 0.1) is 12.3 Å². The molecule has 3 N–H and O–H groups in total. The number of nitrogens with zero attached hydrogens (tertiary/aromatic N) is 2. The third kappa shape index (κ3) is 4.83. The predicted molar refractivity (Wildman–Crippen MR) is 73.0 cm³/mol. The number of carboxylic acids is 1. The summed E-state index contributed by atoms with van der Waals surface area (Å²) < 4.78 is 0. The Bertz CT molecular complexity index is 479. The fourth-order valence-corrected chi connectivity index (χ4v) is 1.51. The second-order valence-electron chi connectivity index (χ2n) is 5.61. The smallest absolute Gasteiger partial charge is 0.326 e. The lowest BCUT2D eigenvalue weighted by Crippen LogP contribution is -2.52. The molecule has 0 spiro atoms. The highest BCUT2D eigenvalue weighted by Gasteiger charge is 2.32. The number of nitrogens with one attached hydrogen (secondary N) is 2. The molecule has 0 aliphatic rings. The van der Waals surface area contributed by atoms with E-state index < -0.39 is 23.5 Å². The van der Waals surface area contributed by atoms with Crippen LogP contribution >= 0.6 is 0 Å². The molecule has 0 bridgehead atoms. The maximum absolute atomic E-state index is 11.7. The molecule has 1 atom stereocenters. The van der Waals surface area contributed by atoms with E-state index in [4.69, 9.17) is 5.11 Å². The van der Waals surface area contributed by atoms with Crippen molar-refractivity contribution in [3.05, 3.63) is 23.8 Å². The van der Waals surface area contributed by atoms with Crippen molar-refractivity contribution < 1.29 is 14.7 Å². The second kappa shape index (κ2) is 6.31. The van der Waals surface area contributed by atoms with E-state index in [0.29, 0.717) is 5.69 Å². The van der Waals surface area contributed by atoms with Crippen molar-refractivity contribution in [2.45, 2.75) is 40.3 Å². The minimum absolute atomic E-state index is 0.190. The summed E-state index contributed by atoms with van der Waals surface area (Å²) in [6.07, 6.45) is 3.16. The summed E-state index contributed by atoms with van der Waals surface area (Å²) in [5, 5.41) is 14.1. The molecule has 2 amide bonds. The van der Waals surface area contributed by atoms with Crippen LogP contribution in [0.25, 0.3) is 0 Å². The molecule has 0 aliphatic carbocycles. The fraction of sp³-hybridized carbons (Fsp3) is 0.538. The van der Waals surface area contributed by atoms with Gasteiger partial charge in [-0.2, -0.15) is 0 Å². The Morgan fingerprint density at radius 1 is 1.30 bits per heavy atom. The summed E-state index contributed by atoms with van der Waals surface area (Å²) in [5.74, 6) is -1.07. The molecule has 20 heavy (non-hydrogen) atoms. The topological polar surface area (TPSA) is 104 Å². The van der Waals surface area contributed by atoms with Crippen LogP contribution in [0.2, 0.25) is 0 Å². The molecule has 0 saturated carbocycles. The molecule has 7 heteroatoms. The largest absolute Gasteiger partial charge is 0.480 e. The van der Waals surface area contributed by atoms with Gasteiger partial charge in [-0.05, 0) is 12.3 Å². The number of aromatic nitrogens is 2. The van der Waals surface area contributed by atoms with Crippen molar-refractivity contribution >= 4 is 12.0 Å². The first-order valence-electron chi connectivity index (χ1n) is 6.25. The van der Waals surface area contributed by atoms with Gasteiger partial charge in [0, 0.05) is 6.20 Å². The lowest BCUT2D eigenvalue weighted by Gasteiger charge is -2.27. The molecule has 0 fully saturated rings. The number of aryl methyl sites for hydroxylation is 1. The molecule has 1 aromatic heterocycles. The van der Waals surface area contributed by atoms with E-state index in [9.17, 15) is 9.59 Å². The predicted octanol–water partition coefficient (Wildman–Crippen LogP) is 1.08. The van der Waals surface area contributed by atoms with Crippen molar-refractivity contribution in [1.82, 2.24) is 20.6 Å². The average Bonchev–Trinajstić information content (AvgIpc) is 2.33. The average molecular weight is 280 g/mol. The Morgan fingerprint density at radius 2 is 1.95 bits per heavy atom. The van der Waals surface area contributed by atoms with E-state index in [0.717, 1.165) is 5.69 Å². The van der Waals surface area contributed by atoms with Crippen LogP contribution in [0.3, 0.4) is 0 Å². The minimum atomic E-state index is -1.07. The van der Waals surface area contributed by atoms with Gasteiger partial charge in [-0.1, -0.05) is 20.8 Å². The first-order chi connectivity index (χ1) is 9.20. The zero-order valence-corrected chi connectivity index (χ0v) is 12.1. The van der Waals surface area contributed by atoms with Gasteiger partial charge < -0.3 is 15.7 Å². The van der Waals surface area contributed by atoms with Gasteiger partial charge in [0.1, 0.15) is 6.04 Å². The van der Waals surface area contributed by atoms with Crippen LogP contribution in [0.5, 0.6) is 0 Å². The maximum Gasteiger partial charge on any atom is 0.326 e. The molecule has 7 nitrogen and oxygen atoms in total. The lowest BCUT2D eigenvalue weighted by molar-refractivity contribution is -0.141. The van der Waals surface area contributed by atoms with Gasteiger partial charge in [-0.3, -0.25) is 9.97 Å². The molecule has 0 saturated heterocycles. The highest BCUT2D eigenvalue weighted by Crippen LogP contribution is 2.19. The van der Waals surface area contributed by atoms with E-state index in [2.05, 4.69) is 20.6 Å². The molecule has 0 aliphatic heterocycles. The Hall–Kier alpha value is -2.18. The van der Waals surface area contributed by atoms with E-state index in [1.165, 1.54) is 0 Å². The summed E-state index contributed by atoms with van der Waals surface area (Å²) in [7, 11) is 0. The number of urea groups is 1. The number of hydrogen-bond donors (Lipinski definition) is 3. The molecule has 1 rings (SSSR count). The molecular formula is C13H20N4O3.